The minimum Gasteiger partial charge on any atom is -0.462 e. The van der Waals surface area contributed by atoms with E-state index < -0.39 is 6.10 Å². The van der Waals surface area contributed by atoms with Crippen LogP contribution >= 0.6 is 0 Å². The van der Waals surface area contributed by atoms with Crippen LogP contribution in [0.2, 0.25) is 0 Å². The fraction of sp³-hybridized carbons (Fsp3) is 0.689. The highest BCUT2D eigenvalue weighted by molar-refractivity contribution is 5.71. The molecule has 1 atom stereocenters. The van der Waals surface area contributed by atoms with Gasteiger partial charge in [0.1, 0.15) is 13.2 Å². The van der Waals surface area contributed by atoms with Crippen molar-refractivity contribution < 1.29 is 28.6 Å². The second-order valence-corrected chi connectivity index (χ2v) is 22.0. The van der Waals surface area contributed by atoms with Crippen LogP contribution in [-0.4, -0.2) is 37.2 Å². The first-order chi connectivity index (χ1) is 39.5. The minimum absolute atomic E-state index is 0.0832. The second kappa shape index (κ2) is 67.3. The van der Waals surface area contributed by atoms with Gasteiger partial charge in [-0.2, -0.15) is 0 Å². The van der Waals surface area contributed by atoms with Crippen molar-refractivity contribution in [2.24, 2.45) is 0 Å². The lowest BCUT2D eigenvalue weighted by Crippen LogP contribution is -2.30. The van der Waals surface area contributed by atoms with Gasteiger partial charge in [0.25, 0.3) is 0 Å². The van der Waals surface area contributed by atoms with E-state index in [1.165, 1.54) is 148 Å². The molecular formula is C74H124O6. The van der Waals surface area contributed by atoms with Crippen LogP contribution < -0.4 is 0 Å². The normalized spacial score (nSPS) is 12.9. The van der Waals surface area contributed by atoms with Gasteiger partial charge in [0.15, 0.2) is 6.10 Å². The number of esters is 3. The Hall–Kier alpha value is -4.19. The van der Waals surface area contributed by atoms with E-state index in [0.717, 1.165) is 122 Å². The molecule has 0 aromatic rings. The molecule has 0 saturated carbocycles. The average molecular weight is 1110 g/mol. The first-order valence-corrected chi connectivity index (χ1v) is 33.5. The highest BCUT2D eigenvalue weighted by atomic mass is 16.6. The van der Waals surface area contributed by atoms with Gasteiger partial charge in [-0.25, -0.2) is 0 Å². The van der Waals surface area contributed by atoms with Crippen LogP contribution in [0.15, 0.2) is 122 Å². The van der Waals surface area contributed by atoms with Gasteiger partial charge >= 0.3 is 17.9 Å². The molecule has 1 unspecified atom stereocenters. The molecule has 0 fully saturated rings. The zero-order valence-corrected chi connectivity index (χ0v) is 52.3. The van der Waals surface area contributed by atoms with Gasteiger partial charge in [-0.1, -0.05) is 296 Å². The summed E-state index contributed by atoms with van der Waals surface area (Å²) in [6.45, 7) is 6.49. The monoisotopic (exact) mass is 1110 g/mol. The van der Waals surface area contributed by atoms with E-state index in [4.69, 9.17) is 14.2 Å². The van der Waals surface area contributed by atoms with Gasteiger partial charge in [0.05, 0.1) is 0 Å². The van der Waals surface area contributed by atoms with Crippen LogP contribution in [0.1, 0.15) is 310 Å². The van der Waals surface area contributed by atoms with Crippen LogP contribution in [0.4, 0.5) is 0 Å². The highest BCUT2D eigenvalue weighted by Crippen LogP contribution is 2.16. The molecule has 0 heterocycles. The summed E-state index contributed by atoms with van der Waals surface area (Å²) < 4.78 is 16.9. The van der Waals surface area contributed by atoms with E-state index in [9.17, 15) is 14.4 Å². The number of allylic oxidation sites excluding steroid dienone is 20. The zero-order valence-electron chi connectivity index (χ0n) is 52.3. The van der Waals surface area contributed by atoms with Crippen LogP contribution in [0.25, 0.3) is 0 Å². The molecule has 0 bridgehead atoms. The molecule has 0 radical (unpaired) electrons. The summed E-state index contributed by atoms with van der Waals surface area (Å²) in [4.78, 5) is 38.2. The third-order valence-corrected chi connectivity index (χ3v) is 14.2. The Balaban J connectivity index is 4.22. The maximum Gasteiger partial charge on any atom is 0.306 e. The molecule has 6 nitrogen and oxygen atoms in total. The van der Waals surface area contributed by atoms with Crippen molar-refractivity contribution >= 4 is 17.9 Å². The SMILES string of the molecule is CC/C=C\C/C=C\C/C=C\C/C=C\C/C=C\C/C=C\C/C=C\CCCCCCCCCC(=O)OCC(COC(=O)CCCCCCCCCC)OC(=O)CCCCCCCCCCCC/C=C\C/C=C\C/C=C\CCCCCCC. The number of ether oxygens (including phenoxy) is 3. The van der Waals surface area contributed by atoms with Gasteiger partial charge in [-0.05, 0) is 116 Å². The molecule has 0 aromatic heterocycles. The van der Waals surface area contributed by atoms with Crippen LogP contribution in [0.3, 0.4) is 0 Å². The third kappa shape index (κ3) is 64.6. The molecule has 0 aliphatic carbocycles. The predicted molar refractivity (Wildman–Crippen MR) is 348 cm³/mol. The van der Waals surface area contributed by atoms with E-state index in [2.05, 4.69) is 142 Å². The predicted octanol–water partition coefficient (Wildman–Crippen LogP) is 23.2. The standard InChI is InChI=1S/C74H124O6/c1-4-7-10-13-16-19-21-23-25-27-29-31-33-35-36-37-38-40-41-43-45-47-49-51-53-55-58-61-64-67-73(76)79-70-71(69-78-72(75)66-63-60-57-18-15-12-9-6-3)80-74(77)68-65-62-59-56-54-52-50-48-46-44-42-39-34-32-30-28-26-24-22-20-17-14-11-8-5-2/h7,10,16,19,22-25,28-31,34-36,38-40,43,45,71H,4-6,8-9,11-15,17-18,20-21,26-27,32-33,37,41-42,44,46-70H2,1-3H3/b10-7-,19-16-,24-22-,25-23-,30-28-,31-29-,36-35-,39-34-,40-38-,45-43-. The molecule has 0 amide bonds. The summed E-state index contributed by atoms with van der Waals surface area (Å²) in [6.07, 6.45) is 93.7. The van der Waals surface area contributed by atoms with E-state index in [0.29, 0.717) is 19.3 Å². The van der Waals surface area contributed by atoms with Gasteiger partial charge in [-0.15, -0.1) is 0 Å². The Morgan fingerprint density at radius 3 is 0.762 bits per heavy atom. The Bertz CT molecular complexity index is 1650. The lowest BCUT2D eigenvalue weighted by atomic mass is 10.0. The fourth-order valence-electron chi connectivity index (χ4n) is 9.20. The third-order valence-electron chi connectivity index (χ3n) is 14.2. The quantitative estimate of drug-likeness (QED) is 0.0261. The fourth-order valence-corrected chi connectivity index (χ4v) is 9.20. The smallest absolute Gasteiger partial charge is 0.306 e. The van der Waals surface area contributed by atoms with Crippen molar-refractivity contribution in [3.8, 4) is 0 Å². The summed E-state index contributed by atoms with van der Waals surface area (Å²) in [5.41, 5.74) is 0. The molecule has 6 heteroatoms. The van der Waals surface area contributed by atoms with E-state index in [1.54, 1.807) is 0 Å². The number of carbonyl (C=O) groups is 3. The minimum atomic E-state index is -0.786. The molecule has 0 spiro atoms. The van der Waals surface area contributed by atoms with Gasteiger partial charge < -0.3 is 14.2 Å². The number of carbonyl (C=O) groups excluding carboxylic acids is 3. The highest BCUT2D eigenvalue weighted by Gasteiger charge is 2.19. The summed E-state index contributed by atoms with van der Waals surface area (Å²) in [5.74, 6) is -0.897. The first-order valence-electron chi connectivity index (χ1n) is 33.5. The lowest BCUT2D eigenvalue weighted by Gasteiger charge is -2.18. The number of hydrogen-bond donors (Lipinski definition) is 0. The van der Waals surface area contributed by atoms with Crippen molar-refractivity contribution in [2.75, 3.05) is 13.2 Å². The molecule has 80 heavy (non-hydrogen) atoms. The second-order valence-electron chi connectivity index (χ2n) is 22.0. The lowest BCUT2D eigenvalue weighted by molar-refractivity contribution is -0.167. The zero-order chi connectivity index (χ0) is 57.8. The topological polar surface area (TPSA) is 78.9 Å². The molecule has 456 valence electrons. The van der Waals surface area contributed by atoms with Crippen molar-refractivity contribution in [2.45, 2.75) is 316 Å². The van der Waals surface area contributed by atoms with Gasteiger partial charge in [0, 0.05) is 19.3 Å². The molecule has 0 rings (SSSR count). The Morgan fingerprint density at radius 1 is 0.263 bits per heavy atom. The first kappa shape index (κ1) is 75.8. The van der Waals surface area contributed by atoms with E-state index in [-0.39, 0.29) is 31.1 Å². The molecule has 0 aromatic carbocycles. The molecule has 0 aliphatic rings. The molecular weight excluding hydrogens is 985 g/mol. The number of hydrogen-bond acceptors (Lipinski definition) is 6. The van der Waals surface area contributed by atoms with Crippen LogP contribution in [0.5, 0.6) is 0 Å². The summed E-state index contributed by atoms with van der Waals surface area (Å²) in [7, 11) is 0. The maximum absolute atomic E-state index is 12.9. The largest absolute Gasteiger partial charge is 0.462 e. The number of rotatable bonds is 60. The van der Waals surface area contributed by atoms with Gasteiger partial charge in [-0.3, -0.25) is 14.4 Å². The van der Waals surface area contributed by atoms with Crippen molar-refractivity contribution in [1.29, 1.82) is 0 Å². The molecule has 0 N–H and O–H groups in total. The van der Waals surface area contributed by atoms with Crippen molar-refractivity contribution in [3.63, 3.8) is 0 Å². The summed E-state index contributed by atoms with van der Waals surface area (Å²) >= 11 is 0. The van der Waals surface area contributed by atoms with E-state index in [1.807, 2.05) is 0 Å². The summed E-state index contributed by atoms with van der Waals surface area (Å²) in [6, 6.07) is 0. The Labute approximate surface area is 494 Å². The molecule has 0 saturated heterocycles. The van der Waals surface area contributed by atoms with Crippen LogP contribution in [-0.2, 0) is 28.6 Å². The van der Waals surface area contributed by atoms with Gasteiger partial charge in [0.2, 0.25) is 0 Å². The van der Waals surface area contributed by atoms with Crippen LogP contribution in [0, 0.1) is 0 Å². The average Bonchev–Trinajstić information content (AvgIpc) is 3.46. The Morgan fingerprint density at radius 2 is 0.487 bits per heavy atom. The van der Waals surface area contributed by atoms with E-state index >= 15 is 0 Å². The van der Waals surface area contributed by atoms with Crippen molar-refractivity contribution in [3.05, 3.63) is 122 Å². The molecule has 0 aliphatic heterocycles. The summed E-state index contributed by atoms with van der Waals surface area (Å²) in [5, 5.41) is 0. The van der Waals surface area contributed by atoms with Crippen molar-refractivity contribution in [1.82, 2.24) is 0 Å². The maximum atomic E-state index is 12.9. The Kier molecular flexibility index (Phi) is 63.8. The number of unbranched alkanes of at least 4 members (excludes halogenated alkanes) is 29.